The highest BCUT2D eigenvalue weighted by molar-refractivity contribution is 5.89. The zero-order valence-corrected chi connectivity index (χ0v) is 13.2. The van der Waals surface area contributed by atoms with Crippen LogP contribution in [0.5, 0.6) is 0 Å². The number of rotatable bonds is 4. The number of anilines is 1. The predicted molar refractivity (Wildman–Crippen MR) is 91.5 cm³/mol. The average Bonchev–Trinajstić information content (AvgIpc) is 2.62. The van der Waals surface area contributed by atoms with Gasteiger partial charge in [-0.15, -0.1) is 0 Å². The fourth-order valence-electron chi connectivity index (χ4n) is 2.77. The Morgan fingerprint density at radius 1 is 1.09 bits per heavy atom. The maximum absolute atomic E-state index is 12.3. The number of nitrogens with one attached hydrogen (secondary N) is 1. The van der Waals surface area contributed by atoms with Gasteiger partial charge >= 0.3 is 6.03 Å². The van der Waals surface area contributed by atoms with E-state index in [1.54, 1.807) is 0 Å². The number of benzene rings is 2. The van der Waals surface area contributed by atoms with Gasteiger partial charge in [-0.3, -0.25) is 0 Å². The molecule has 1 atom stereocenters. The number of hydrogen-bond acceptors (Lipinski definition) is 2. The minimum atomic E-state index is -0.0517. The van der Waals surface area contributed by atoms with E-state index in [0.29, 0.717) is 19.7 Å². The van der Waals surface area contributed by atoms with E-state index in [0.717, 1.165) is 18.5 Å². The molecule has 3 rings (SSSR count). The van der Waals surface area contributed by atoms with E-state index in [-0.39, 0.29) is 12.1 Å². The van der Waals surface area contributed by atoms with Gasteiger partial charge in [0.2, 0.25) is 0 Å². The third-order valence-electron chi connectivity index (χ3n) is 4.05. The minimum absolute atomic E-state index is 0.0517. The Bertz CT molecular complexity index is 616. The lowest BCUT2D eigenvalue weighted by Gasteiger charge is -2.33. The van der Waals surface area contributed by atoms with Gasteiger partial charge in [-0.25, -0.2) is 4.79 Å². The van der Waals surface area contributed by atoms with E-state index in [1.807, 2.05) is 41.3 Å². The van der Waals surface area contributed by atoms with E-state index < -0.39 is 0 Å². The number of para-hydroxylation sites is 1. The molecule has 4 nitrogen and oxygen atoms in total. The molecule has 1 aliphatic rings. The van der Waals surface area contributed by atoms with Crippen molar-refractivity contribution >= 4 is 11.7 Å². The number of aryl methyl sites for hydroxylation is 1. The molecule has 2 aromatic rings. The van der Waals surface area contributed by atoms with Crippen LogP contribution in [-0.4, -0.2) is 36.7 Å². The summed E-state index contributed by atoms with van der Waals surface area (Å²) in [5.41, 5.74) is 2.13. The lowest BCUT2D eigenvalue weighted by atomic mass is 10.1. The summed E-state index contributed by atoms with van der Waals surface area (Å²) in [6.07, 6.45) is 2.00. The van der Waals surface area contributed by atoms with Crippen LogP contribution >= 0.6 is 0 Å². The fourth-order valence-corrected chi connectivity index (χ4v) is 2.77. The van der Waals surface area contributed by atoms with Crippen LogP contribution in [0.2, 0.25) is 0 Å². The van der Waals surface area contributed by atoms with Crippen molar-refractivity contribution in [2.24, 2.45) is 0 Å². The molecule has 1 aliphatic heterocycles. The maximum atomic E-state index is 12.3. The molecule has 0 saturated carbocycles. The van der Waals surface area contributed by atoms with Crippen LogP contribution in [-0.2, 0) is 11.2 Å². The van der Waals surface area contributed by atoms with Crippen molar-refractivity contribution in [3.05, 3.63) is 66.2 Å². The van der Waals surface area contributed by atoms with Crippen LogP contribution in [0.15, 0.2) is 60.7 Å². The van der Waals surface area contributed by atoms with Crippen molar-refractivity contribution in [3.63, 3.8) is 0 Å². The molecule has 2 aromatic carbocycles. The van der Waals surface area contributed by atoms with Crippen molar-refractivity contribution in [1.82, 2.24) is 4.90 Å². The highest BCUT2D eigenvalue weighted by atomic mass is 16.5. The second-order valence-corrected chi connectivity index (χ2v) is 5.76. The number of amides is 2. The number of ether oxygens (including phenoxy) is 1. The van der Waals surface area contributed by atoms with E-state index >= 15 is 0 Å². The third kappa shape index (κ3) is 4.57. The van der Waals surface area contributed by atoms with Gasteiger partial charge in [-0.05, 0) is 30.5 Å². The van der Waals surface area contributed by atoms with E-state index in [9.17, 15) is 4.79 Å². The molecule has 120 valence electrons. The Morgan fingerprint density at radius 2 is 1.78 bits per heavy atom. The zero-order valence-electron chi connectivity index (χ0n) is 13.2. The lowest BCUT2D eigenvalue weighted by molar-refractivity contribution is -0.0157. The monoisotopic (exact) mass is 310 g/mol. The first-order chi connectivity index (χ1) is 11.3. The van der Waals surface area contributed by atoms with Crippen molar-refractivity contribution in [3.8, 4) is 0 Å². The highest BCUT2D eigenvalue weighted by Gasteiger charge is 2.24. The Kier molecular flexibility index (Phi) is 5.27. The van der Waals surface area contributed by atoms with Crippen LogP contribution < -0.4 is 5.32 Å². The highest BCUT2D eigenvalue weighted by Crippen LogP contribution is 2.14. The first kappa shape index (κ1) is 15.6. The summed E-state index contributed by atoms with van der Waals surface area (Å²) in [6.45, 7) is 1.88. The van der Waals surface area contributed by atoms with E-state index in [4.69, 9.17) is 4.74 Å². The SMILES string of the molecule is O=C(Nc1ccccc1)N1CCOC(CCc2ccccc2)C1. The molecule has 2 amide bonds. The smallest absolute Gasteiger partial charge is 0.322 e. The first-order valence-corrected chi connectivity index (χ1v) is 8.08. The van der Waals surface area contributed by atoms with Crippen LogP contribution in [0.1, 0.15) is 12.0 Å². The molecule has 4 heteroatoms. The van der Waals surface area contributed by atoms with Crippen LogP contribution in [0, 0.1) is 0 Å². The Morgan fingerprint density at radius 3 is 2.52 bits per heavy atom. The molecule has 1 N–H and O–H groups in total. The van der Waals surface area contributed by atoms with Crippen molar-refractivity contribution in [2.45, 2.75) is 18.9 Å². The number of carbonyl (C=O) groups excluding carboxylic acids is 1. The van der Waals surface area contributed by atoms with Gasteiger partial charge < -0.3 is 15.0 Å². The van der Waals surface area contributed by atoms with Crippen LogP contribution in [0.3, 0.4) is 0 Å². The standard InChI is InChI=1S/C19H22N2O2/c22-19(20-17-9-5-2-6-10-17)21-13-14-23-18(15-21)12-11-16-7-3-1-4-8-16/h1-10,18H,11-15H2,(H,20,22). The zero-order chi connectivity index (χ0) is 15.9. The quantitative estimate of drug-likeness (QED) is 0.938. The van der Waals surface area contributed by atoms with Gasteiger partial charge in [0.05, 0.1) is 12.7 Å². The molecule has 1 unspecified atom stereocenters. The number of urea groups is 1. The lowest BCUT2D eigenvalue weighted by Crippen LogP contribution is -2.47. The van der Waals surface area contributed by atoms with Crippen LogP contribution in [0.25, 0.3) is 0 Å². The molecular formula is C19H22N2O2. The summed E-state index contributed by atoms with van der Waals surface area (Å²) in [4.78, 5) is 14.2. The molecular weight excluding hydrogens is 288 g/mol. The number of morpholine rings is 1. The molecule has 0 spiro atoms. The molecule has 0 aromatic heterocycles. The van der Waals surface area contributed by atoms with Gasteiger partial charge in [0.1, 0.15) is 0 Å². The molecule has 1 saturated heterocycles. The number of hydrogen-bond donors (Lipinski definition) is 1. The van der Waals surface area contributed by atoms with E-state index in [1.165, 1.54) is 5.56 Å². The molecule has 23 heavy (non-hydrogen) atoms. The second-order valence-electron chi connectivity index (χ2n) is 5.76. The molecule has 0 bridgehead atoms. The molecule has 1 fully saturated rings. The summed E-state index contributed by atoms with van der Waals surface area (Å²) in [5, 5.41) is 2.94. The van der Waals surface area contributed by atoms with Gasteiger partial charge in [-0.1, -0.05) is 48.5 Å². The van der Waals surface area contributed by atoms with Crippen molar-refractivity contribution < 1.29 is 9.53 Å². The van der Waals surface area contributed by atoms with Gasteiger partial charge in [0.25, 0.3) is 0 Å². The molecule has 0 aliphatic carbocycles. The summed E-state index contributed by atoms with van der Waals surface area (Å²) < 4.78 is 5.81. The Hall–Kier alpha value is -2.33. The van der Waals surface area contributed by atoms with Gasteiger partial charge in [-0.2, -0.15) is 0 Å². The van der Waals surface area contributed by atoms with E-state index in [2.05, 4.69) is 29.6 Å². The number of nitrogens with zero attached hydrogens (tertiary/aromatic N) is 1. The first-order valence-electron chi connectivity index (χ1n) is 8.08. The summed E-state index contributed by atoms with van der Waals surface area (Å²) in [5.74, 6) is 0. The molecule has 1 heterocycles. The van der Waals surface area contributed by atoms with Crippen molar-refractivity contribution in [1.29, 1.82) is 0 Å². The van der Waals surface area contributed by atoms with Gasteiger partial charge in [0.15, 0.2) is 0 Å². The Labute approximate surface area is 137 Å². The summed E-state index contributed by atoms with van der Waals surface area (Å²) >= 11 is 0. The normalized spacial score (nSPS) is 17.7. The topological polar surface area (TPSA) is 41.6 Å². The summed E-state index contributed by atoms with van der Waals surface area (Å²) in [6, 6.07) is 19.9. The largest absolute Gasteiger partial charge is 0.375 e. The van der Waals surface area contributed by atoms with Gasteiger partial charge in [0, 0.05) is 18.8 Å². The third-order valence-corrected chi connectivity index (χ3v) is 4.05. The second kappa shape index (κ2) is 7.79. The fraction of sp³-hybridized carbons (Fsp3) is 0.316. The van der Waals surface area contributed by atoms with Crippen molar-refractivity contribution in [2.75, 3.05) is 25.0 Å². The Balaban J connectivity index is 1.50. The predicted octanol–water partition coefficient (Wildman–Crippen LogP) is 3.55. The molecule has 0 radical (unpaired) electrons. The average molecular weight is 310 g/mol. The maximum Gasteiger partial charge on any atom is 0.322 e. The minimum Gasteiger partial charge on any atom is -0.375 e. The number of carbonyl (C=O) groups is 1. The summed E-state index contributed by atoms with van der Waals surface area (Å²) in [7, 11) is 0. The van der Waals surface area contributed by atoms with Crippen LogP contribution in [0.4, 0.5) is 10.5 Å².